The molecule has 0 saturated heterocycles. The third-order valence-corrected chi connectivity index (χ3v) is 6.36. The van der Waals surface area contributed by atoms with Gasteiger partial charge in [0.25, 0.3) is 5.91 Å². The molecule has 0 aliphatic rings. The zero-order valence-electron chi connectivity index (χ0n) is 20.2. The molecule has 0 bridgehead atoms. The van der Waals surface area contributed by atoms with Crippen molar-refractivity contribution in [3.8, 4) is 0 Å². The quantitative estimate of drug-likeness (QED) is 0.203. The first-order valence-electron chi connectivity index (χ1n) is 12.4. The van der Waals surface area contributed by atoms with E-state index in [4.69, 9.17) is 9.40 Å². The summed E-state index contributed by atoms with van der Waals surface area (Å²) in [6.07, 6.45) is 2.79. The molecule has 37 heavy (non-hydrogen) atoms. The van der Waals surface area contributed by atoms with Crippen LogP contribution in [0.1, 0.15) is 27.9 Å². The molecule has 0 unspecified atom stereocenters. The standard InChI is InChI=1S/C29H26N6O2/c36-29(31-17-20-10-11-22-21-6-2-1-5-19(21)9-12-23(22)32-20)26-18-37-28(35-26)14-16-30-15-13-27-33-24-7-3-4-8-25(24)34-27/h1-12,18,30H,13-17H2,(H,31,36)(H,33,34). The normalized spacial score (nSPS) is 11.5. The molecule has 3 aromatic heterocycles. The van der Waals surface area contributed by atoms with E-state index in [1.807, 2.05) is 48.5 Å². The van der Waals surface area contributed by atoms with E-state index in [0.717, 1.165) is 46.4 Å². The summed E-state index contributed by atoms with van der Waals surface area (Å²) in [6, 6.07) is 24.3. The first-order chi connectivity index (χ1) is 18.2. The van der Waals surface area contributed by atoms with Crippen molar-refractivity contribution in [1.29, 1.82) is 0 Å². The van der Waals surface area contributed by atoms with Crippen LogP contribution in [-0.4, -0.2) is 38.9 Å². The van der Waals surface area contributed by atoms with E-state index >= 15 is 0 Å². The molecule has 6 rings (SSSR count). The van der Waals surface area contributed by atoms with Gasteiger partial charge in [0, 0.05) is 31.3 Å². The third kappa shape index (κ3) is 5.05. The molecule has 0 aliphatic heterocycles. The van der Waals surface area contributed by atoms with Crippen molar-refractivity contribution in [2.75, 3.05) is 13.1 Å². The highest BCUT2D eigenvalue weighted by Gasteiger charge is 2.13. The maximum absolute atomic E-state index is 12.6. The second-order valence-electron chi connectivity index (χ2n) is 8.92. The number of H-pyrrole nitrogens is 1. The molecule has 0 atom stereocenters. The Morgan fingerprint density at radius 3 is 2.62 bits per heavy atom. The molecule has 0 aliphatic carbocycles. The van der Waals surface area contributed by atoms with Gasteiger partial charge in [-0.15, -0.1) is 0 Å². The number of oxazole rings is 1. The van der Waals surface area contributed by atoms with Crippen molar-refractivity contribution in [1.82, 2.24) is 30.6 Å². The average Bonchev–Trinajstić information content (AvgIpc) is 3.58. The zero-order valence-corrected chi connectivity index (χ0v) is 20.2. The molecule has 0 spiro atoms. The summed E-state index contributed by atoms with van der Waals surface area (Å²) in [7, 11) is 0. The molecule has 184 valence electrons. The first-order valence-corrected chi connectivity index (χ1v) is 12.4. The summed E-state index contributed by atoms with van der Waals surface area (Å²) in [5, 5.41) is 9.70. The van der Waals surface area contributed by atoms with Gasteiger partial charge < -0.3 is 20.0 Å². The molecule has 0 saturated carbocycles. The van der Waals surface area contributed by atoms with Gasteiger partial charge in [0.15, 0.2) is 11.6 Å². The lowest BCUT2D eigenvalue weighted by atomic mass is 10.0. The third-order valence-electron chi connectivity index (χ3n) is 6.36. The highest BCUT2D eigenvalue weighted by molar-refractivity contribution is 6.06. The number of carbonyl (C=O) groups is 1. The lowest BCUT2D eigenvalue weighted by Gasteiger charge is -2.07. The number of carbonyl (C=O) groups excluding carboxylic acids is 1. The highest BCUT2D eigenvalue weighted by atomic mass is 16.3. The van der Waals surface area contributed by atoms with E-state index in [1.165, 1.54) is 17.0 Å². The van der Waals surface area contributed by atoms with Crippen LogP contribution in [0.3, 0.4) is 0 Å². The Balaban J connectivity index is 0.981. The van der Waals surface area contributed by atoms with E-state index in [2.05, 4.69) is 49.9 Å². The average molecular weight is 491 g/mol. The number of para-hydroxylation sites is 2. The molecule has 3 aromatic carbocycles. The summed E-state index contributed by atoms with van der Waals surface area (Å²) in [4.78, 5) is 29.5. The summed E-state index contributed by atoms with van der Waals surface area (Å²) in [5.74, 6) is 1.20. The number of nitrogens with one attached hydrogen (secondary N) is 3. The lowest BCUT2D eigenvalue weighted by Crippen LogP contribution is -2.24. The van der Waals surface area contributed by atoms with E-state index < -0.39 is 0 Å². The number of hydrogen-bond acceptors (Lipinski definition) is 6. The van der Waals surface area contributed by atoms with Crippen LogP contribution >= 0.6 is 0 Å². The molecular formula is C29H26N6O2. The molecule has 1 amide bonds. The number of pyridine rings is 1. The van der Waals surface area contributed by atoms with Crippen molar-refractivity contribution in [3.05, 3.63) is 102 Å². The van der Waals surface area contributed by atoms with E-state index in [9.17, 15) is 4.79 Å². The fourth-order valence-corrected chi connectivity index (χ4v) is 4.47. The molecule has 3 N–H and O–H groups in total. The fraction of sp³-hybridized carbons (Fsp3) is 0.172. The van der Waals surface area contributed by atoms with Crippen molar-refractivity contribution >= 4 is 38.6 Å². The van der Waals surface area contributed by atoms with Gasteiger partial charge in [-0.3, -0.25) is 9.78 Å². The van der Waals surface area contributed by atoms with Gasteiger partial charge in [-0.25, -0.2) is 9.97 Å². The van der Waals surface area contributed by atoms with Gasteiger partial charge in [0.2, 0.25) is 0 Å². The second kappa shape index (κ2) is 10.2. The summed E-state index contributed by atoms with van der Waals surface area (Å²) in [6.45, 7) is 1.78. The maximum Gasteiger partial charge on any atom is 0.273 e. The number of hydrogen-bond donors (Lipinski definition) is 3. The van der Waals surface area contributed by atoms with Crippen LogP contribution < -0.4 is 10.6 Å². The minimum atomic E-state index is -0.284. The monoisotopic (exact) mass is 490 g/mol. The van der Waals surface area contributed by atoms with Crippen LogP contribution in [0.2, 0.25) is 0 Å². The van der Waals surface area contributed by atoms with Crippen molar-refractivity contribution in [2.24, 2.45) is 0 Å². The first kappa shape index (κ1) is 22.9. The van der Waals surface area contributed by atoms with Crippen molar-refractivity contribution in [2.45, 2.75) is 19.4 Å². The minimum absolute atomic E-state index is 0.268. The predicted molar refractivity (Wildman–Crippen MR) is 143 cm³/mol. The van der Waals surface area contributed by atoms with E-state index in [0.29, 0.717) is 25.4 Å². The predicted octanol–water partition coefficient (Wildman–Crippen LogP) is 4.56. The Morgan fingerprint density at radius 1 is 0.811 bits per heavy atom. The number of aromatic amines is 1. The van der Waals surface area contributed by atoms with Crippen LogP contribution in [0.5, 0.6) is 0 Å². The van der Waals surface area contributed by atoms with Crippen LogP contribution in [0.25, 0.3) is 32.7 Å². The number of aromatic nitrogens is 4. The zero-order chi connectivity index (χ0) is 25.0. The molecular weight excluding hydrogens is 464 g/mol. The largest absolute Gasteiger partial charge is 0.448 e. The van der Waals surface area contributed by atoms with E-state index in [-0.39, 0.29) is 11.6 Å². The minimum Gasteiger partial charge on any atom is -0.448 e. The van der Waals surface area contributed by atoms with Crippen molar-refractivity contribution in [3.63, 3.8) is 0 Å². The van der Waals surface area contributed by atoms with Gasteiger partial charge in [0.05, 0.1) is 28.8 Å². The van der Waals surface area contributed by atoms with Crippen LogP contribution in [-0.2, 0) is 19.4 Å². The topological polar surface area (TPSA) is 109 Å². The van der Waals surface area contributed by atoms with Crippen molar-refractivity contribution < 1.29 is 9.21 Å². The summed E-state index contributed by atoms with van der Waals surface area (Å²) < 4.78 is 5.50. The van der Waals surface area contributed by atoms with Crippen LogP contribution in [0, 0.1) is 0 Å². The highest BCUT2D eigenvalue weighted by Crippen LogP contribution is 2.24. The SMILES string of the molecule is O=C(NCc1ccc2c(ccc3ccccc32)n1)c1coc(CCNCCc2nc3ccccc3[nH]2)n1. The fourth-order valence-electron chi connectivity index (χ4n) is 4.47. The summed E-state index contributed by atoms with van der Waals surface area (Å²) >= 11 is 0. The lowest BCUT2D eigenvalue weighted by molar-refractivity contribution is 0.0945. The Bertz CT molecular complexity index is 1670. The number of benzene rings is 3. The molecule has 3 heterocycles. The van der Waals surface area contributed by atoms with Crippen LogP contribution in [0.15, 0.2) is 83.5 Å². The van der Waals surface area contributed by atoms with Gasteiger partial charge in [-0.1, -0.05) is 48.5 Å². The summed E-state index contributed by atoms with van der Waals surface area (Å²) in [5.41, 5.74) is 3.99. The number of rotatable bonds is 9. The van der Waals surface area contributed by atoms with Gasteiger partial charge in [-0.05, 0) is 35.0 Å². The Hall–Kier alpha value is -4.56. The van der Waals surface area contributed by atoms with Gasteiger partial charge in [0.1, 0.15) is 12.1 Å². The molecule has 0 radical (unpaired) electrons. The smallest absolute Gasteiger partial charge is 0.273 e. The Kier molecular flexibility index (Phi) is 6.31. The molecule has 0 fully saturated rings. The Labute approximate surface area is 213 Å². The number of nitrogens with zero attached hydrogens (tertiary/aromatic N) is 3. The number of imidazole rings is 1. The van der Waals surface area contributed by atoms with Gasteiger partial charge >= 0.3 is 0 Å². The van der Waals surface area contributed by atoms with Gasteiger partial charge in [-0.2, -0.15) is 0 Å². The number of fused-ring (bicyclic) bond motifs is 4. The van der Waals surface area contributed by atoms with Crippen LogP contribution in [0.4, 0.5) is 0 Å². The molecule has 8 nitrogen and oxygen atoms in total. The Morgan fingerprint density at radius 2 is 1.68 bits per heavy atom. The molecule has 8 heteroatoms. The molecule has 6 aromatic rings. The maximum atomic E-state index is 12.6. The number of amides is 1. The second-order valence-corrected chi connectivity index (χ2v) is 8.92. The van der Waals surface area contributed by atoms with E-state index in [1.54, 1.807) is 0 Å².